The van der Waals surface area contributed by atoms with Crippen LogP contribution in [0.4, 0.5) is 0 Å². The first-order valence-corrected chi connectivity index (χ1v) is 35.5. The van der Waals surface area contributed by atoms with Crippen molar-refractivity contribution >= 4 is 83.0 Å². The lowest BCUT2D eigenvalue weighted by Crippen LogP contribution is -2.63. The van der Waals surface area contributed by atoms with Crippen LogP contribution in [-0.2, 0) is 52.6 Å². The Balaban J connectivity index is 1.23. The number of phenols is 3. The van der Waals surface area contributed by atoms with Crippen LogP contribution in [0.15, 0.2) is 88.8 Å². The monoisotopic (exact) mass is 1540 g/mol. The summed E-state index contributed by atoms with van der Waals surface area (Å²) in [6.45, 7) is 9.68. The fraction of sp³-hybridized carbons (Fsp3) is 0.452. The van der Waals surface area contributed by atoms with Gasteiger partial charge in [0.25, 0.3) is 0 Å². The summed E-state index contributed by atoms with van der Waals surface area (Å²) < 4.78 is 39.0. The van der Waals surface area contributed by atoms with Gasteiger partial charge in [-0.2, -0.15) is 0 Å². The van der Waals surface area contributed by atoms with Crippen molar-refractivity contribution in [2.24, 2.45) is 21.6 Å². The molecule has 7 heterocycles. The number of ether oxygens (including phenoxy) is 6. The molecule has 2 fully saturated rings. The van der Waals surface area contributed by atoms with Gasteiger partial charge < -0.3 is 117 Å². The molecule has 0 radical (unpaired) electrons. The predicted octanol–water partition coefficient (Wildman–Crippen LogP) is 3.67. The largest absolute Gasteiger partial charge is 0.508 e. The lowest BCUT2D eigenvalue weighted by Gasteiger charge is -2.47. The van der Waals surface area contributed by atoms with Crippen LogP contribution in [0.3, 0.4) is 0 Å². The number of carbonyl (C=O) groups excluding carboxylic acids is 7. The SMILES string of the molecule is CCCC=N[C@H](CC(C)C)C(=O)N[C@H]1C(=O)N[C@@H](CC(N)=O)C(=O)N[C@@H]2C(=O)N[C@H]3C(=O)N[C@H](C(=O)N[C@H](C(=O)O)c4cc(O)cc(O)c4-c4cc3ccc4O)[C@H](O)c3ccc(c(Cl)c3)Oc3cc2cc(c3O[C@@H]2O[C@H](CO)[C@@H](O)[C@H](O)[C@H]2O[C@H]2C[C@](C)(N=CCCC)[C@H](O)[C@H](C)O2)Oc2ccc(cc2Cl)[C@H]1O. The van der Waals surface area contributed by atoms with Gasteiger partial charge in [0.05, 0.1) is 34.7 Å². The van der Waals surface area contributed by atoms with E-state index in [1.807, 2.05) is 27.7 Å². The highest BCUT2D eigenvalue weighted by Crippen LogP contribution is 2.50. The van der Waals surface area contributed by atoms with Crippen LogP contribution in [0.25, 0.3) is 11.1 Å². The minimum Gasteiger partial charge on any atom is -0.508 e. The molecule has 35 heteroatoms. The second kappa shape index (κ2) is 34.2. The zero-order chi connectivity index (χ0) is 78.5. The zero-order valence-corrected chi connectivity index (χ0v) is 60.6. The molecule has 7 amide bonds. The van der Waals surface area contributed by atoms with E-state index in [-0.39, 0.29) is 46.2 Å². The number of primary amides is 1. The number of aliphatic hydroxyl groups excluding tert-OH is 6. The molecule has 0 aromatic heterocycles. The molecule has 2 saturated heterocycles. The van der Waals surface area contributed by atoms with Crippen LogP contribution in [-0.4, -0.2) is 196 Å². The van der Waals surface area contributed by atoms with E-state index < -0.39 is 237 Å². The van der Waals surface area contributed by atoms with Gasteiger partial charge in [0, 0.05) is 29.2 Å². The molecular weight excluding hydrogens is 1460 g/mol. The fourth-order valence-corrected chi connectivity index (χ4v) is 13.6. The number of carboxylic acids is 1. The number of nitrogens with one attached hydrogen (secondary N) is 6. The first-order valence-electron chi connectivity index (χ1n) is 34.8. The Labute approximate surface area is 627 Å². The molecule has 0 saturated carbocycles. The molecular formula is C73H85Cl2N9O24. The van der Waals surface area contributed by atoms with E-state index in [2.05, 4.69) is 41.9 Å². The van der Waals surface area contributed by atoms with Crippen molar-refractivity contribution in [1.29, 1.82) is 0 Å². The number of phenolic OH excluding ortho intramolecular Hbond substituents is 3. The molecule has 0 aliphatic carbocycles. The van der Waals surface area contributed by atoms with Crippen LogP contribution >= 0.6 is 23.2 Å². The summed E-state index contributed by atoms with van der Waals surface area (Å²) in [7, 11) is 0. The smallest absolute Gasteiger partial charge is 0.330 e. The maximum atomic E-state index is 16.2. The van der Waals surface area contributed by atoms with Gasteiger partial charge in [-0.25, -0.2) is 4.79 Å². The summed E-state index contributed by atoms with van der Waals surface area (Å²) in [5, 5.41) is 129. The fourth-order valence-electron chi connectivity index (χ4n) is 13.2. The molecule has 7 aliphatic rings. The number of unbranched alkanes of at least 4 members (excludes halogenated alkanes) is 2. The van der Waals surface area contributed by atoms with Gasteiger partial charge in [-0.15, -0.1) is 0 Å². The van der Waals surface area contributed by atoms with Gasteiger partial charge in [0.2, 0.25) is 53.4 Å². The second-order valence-corrected chi connectivity index (χ2v) is 28.3. The number of aliphatic imine (C=N–C) groups is 2. The zero-order valence-electron chi connectivity index (χ0n) is 59.1. The predicted molar refractivity (Wildman–Crippen MR) is 383 cm³/mol. The molecule has 0 spiro atoms. The Hall–Kier alpha value is -9.78. The number of hydrogen-bond donors (Lipinski definition) is 17. The first-order chi connectivity index (χ1) is 51.2. The Kier molecular flexibility index (Phi) is 25.6. The van der Waals surface area contributed by atoms with E-state index in [9.17, 15) is 70.2 Å². The van der Waals surface area contributed by atoms with E-state index in [4.69, 9.17) is 57.4 Å². The van der Waals surface area contributed by atoms with Crippen molar-refractivity contribution in [3.8, 4) is 57.1 Å². The molecule has 33 nitrogen and oxygen atoms in total. The number of hydrogen-bond acceptors (Lipinski definition) is 25. The third-order valence-electron chi connectivity index (χ3n) is 18.8. The number of fused-ring (bicyclic) bond motifs is 15. The second-order valence-electron chi connectivity index (χ2n) is 27.5. The standard InChI is InChI=1S/C73H85Cl2N9O24/c1-7-9-17-77-41(19-30(3)4)65(95)83-56-58(90)33-12-15-45(39(74)21-33)104-47-23-35-24-48(62(47)108-72-63(61(93)60(92)49(29-85)106-72)107-51-28-73(6,78-18-10-8-2)64(94)31(5)103-51)105-46-16-13-34(22-40(46)75)59(91)57-70(100)82-55(71(101)102)38-25-36(86)26-44(88)52(38)37-20-32(11-14-43(37)87)53(67(97)84-57)81-68(98)54(35)80-66(96)42(27-50(76)89)79-69(56)99/h11-18,20-26,30-31,41-42,49,51,53-61,63-64,72,85-88,90-94H,7-10,19,27-29H2,1-6H3,(H2,76,89)(H,79,99)(H,80,96)(H,81,98)(H,82,100)(H,83,95)(H,84,97)(H,101,102)/t31-,41+,42-,49+,51-,53+,54-,55-,56+,57-,58+,59+,60+,61-,63+,64+,72-,73-/m0/s1. The summed E-state index contributed by atoms with van der Waals surface area (Å²) in [5.74, 6) is -16.1. The number of aliphatic carboxylic acids is 1. The Morgan fingerprint density at radius 2 is 1.32 bits per heavy atom. The summed E-state index contributed by atoms with van der Waals surface area (Å²) >= 11 is 14.2. The summed E-state index contributed by atoms with van der Waals surface area (Å²) in [5.41, 5.74) is 1.67. The average molecular weight is 1540 g/mol. The first kappa shape index (κ1) is 80.8. The molecule has 18 atom stereocenters. The number of amides is 7. The van der Waals surface area contributed by atoms with Crippen LogP contribution < -0.4 is 51.8 Å². The number of halogens is 2. The maximum Gasteiger partial charge on any atom is 0.330 e. The number of nitrogens with zero attached hydrogens (tertiary/aromatic N) is 2. The molecule has 11 bridgehead atoms. The van der Waals surface area contributed by atoms with E-state index in [0.717, 1.165) is 66.7 Å². The van der Waals surface area contributed by atoms with Crippen molar-refractivity contribution in [3.05, 3.63) is 117 Å². The number of rotatable bonds is 18. The summed E-state index contributed by atoms with van der Waals surface area (Å²) in [4.78, 5) is 127. The normalized spacial score (nSPS) is 28.5. The topological polar surface area (TPSA) is 517 Å². The number of aromatic hydroxyl groups is 3. The van der Waals surface area contributed by atoms with Gasteiger partial charge >= 0.3 is 5.97 Å². The minimum atomic E-state index is -2.36. The van der Waals surface area contributed by atoms with Crippen molar-refractivity contribution in [2.75, 3.05) is 6.61 Å². The van der Waals surface area contributed by atoms with E-state index in [1.165, 1.54) is 18.3 Å². The molecule has 12 rings (SSSR count). The van der Waals surface area contributed by atoms with Crippen molar-refractivity contribution in [3.63, 3.8) is 0 Å². The van der Waals surface area contributed by atoms with Gasteiger partial charge in [-0.1, -0.05) is 81.9 Å². The van der Waals surface area contributed by atoms with Gasteiger partial charge in [-0.05, 0) is 128 Å². The van der Waals surface area contributed by atoms with E-state index in [0.29, 0.717) is 25.7 Å². The maximum absolute atomic E-state index is 16.2. The molecule has 7 aliphatic heterocycles. The Morgan fingerprint density at radius 1 is 0.713 bits per heavy atom. The Bertz CT molecular complexity index is 4320. The number of nitrogens with two attached hydrogens (primary N) is 1. The lowest BCUT2D eigenvalue weighted by atomic mass is 9.85. The number of carboxylic acid groups (broad SMARTS) is 1. The molecule has 0 unspecified atom stereocenters. The van der Waals surface area contributed by atoms with Crippen molar-refractivity contribution in [2.45, 2.75) is 196 Å². The van der Waals surface area contributed by atoms with Gasteiger partial charge in [-0.3, -0.25) is 43.5 Å². The number of aliphatic hydroxyl groups is 6. The molecule has 108 heavy (non-hydrogen) atoms. The van der Waals surface area contributed by atoms with Crippen LogP contribution in [0.2, 0.25) is 10.0 Å². The van der Waals surface area contributed by atoms with E-state index in [1.54, 1.807) is 20.1 Å². The van der Waals surface area contributed by atoms with Crippen LogP contribution in [0, 0.1) is 5.92 Å². The van der Waals surface area contributed by atoms with Crippen LogP contribution in [0.1, 0.15) is 145 Å². The van der Waals surface area contributed by atoms with E-state index >= 15 is 19.2 Å². The molecule has 18 N–H and O–H groups in total. The van der Waals surface area contributed by atoms with Crippen molar-refractivity contribution < 1.29 is 118 Å². The highest BCUT2D eigenvalue weighted by Gasteiger charge is 2.52. The quantitative estimate of drug-likeness (QED) is 0.0556. The molecule has 580 valence electrons. The average Bonchev–Trinajstić information content (AvgIpc) is 0.768. The Morgan fingerprint density at radius 3 is 1.94 bits per heavy atom. The van der Waals surface area contributed by atoms with Gasteiger partial charge in [0.1, 0.15) is 102 Å². The number of carbonyl (C=O) groups is 8. The molecule has 5 aromatic carbocycles. The third kappa shape index (κ3) is 17.8. The van der Waals surface area contributed by atoms with Crippen LogP contribution in [0.5, 0.6) is 46.0 Å². The minimum absolute atomic E-state index is 0.144. The highest BCUT2D eigenvalue weighted by molar-refractivity contribution is 6.32. The lowest BCUT2D eigenvalue weighted by molar-refractivity contribution is -0.333. The summed E-state index contributed by atoms with van der Waals surface area (Å²) in [6.07, 6.45) is -13.0. The molecule has 5 aromatic rings. The highest BCUT2D eigenvalue weighted by atomic mass is 35.5. The third-order valence-corrected chi connectivity index (χ3v) is 19.4. The van der Waals surface area contributed by atoms with Gasteiger partial charge in [0.15, 0.2) is 29.9 Å². The van der Waals surface area contributed by atoms with Crippen molar-refractivity contribution in [1.82, 2.24) is 31.9 Å². The summed E-state index contributed by atoms with van der Waals surface area (Å²) in [6, 6.07) is -0.798. The number of benzene rings is 5.